The topological polar surface area (TPSA) is 142 Å². The fraction of sp³-hybridized carbons (Fsp3) is 0.643. The van der Waals surface area contributed by atoms with Gasteiger partial charge in [0.05, 0.1) is 23.9 Å². The molecule has 208 valence electrons. The minimum absolute atomic E-state index is 0.00302. The maximum absolute atomic E-state index is 12.6. The van der Waals surface area contributed by atoms with Crippen LogP contribution in [0.1, 0.15) is 92.1 Å². The molecule has 0 spiro atoms. The molecule has 0 saturated heterocycles. The first-order chi connectivity index (χ1) is 17.4. The summed E-state index contributed by atoms with van der Waals surface area (Å²) in [6, 6.07) is 3.21. The molecular weight excluding hydrogens is 478 g/mol. The Labute approximate surface area is 220 Å². The Hall–Kier alpha value is -2.94. The van der Waals surface area contributed by atoms with Gasteiger partial charge in [0.2, 0.25) is 0 Å². The molecule has 0 aliphatic rings. The zero-order valence-corrected chi connectivity index (χ0v) is 23.1. The van der Waals surface area contributed by atoms with Crippen LogP contribution in [0.15, 0.2) is 18.2 Å². The lowest BCUT2D eigenvalue weighted by Gasteiger charge is -2.26. The molecule has 0 heterocycles. The number of aliphatic carboxylic acids is 1. The lowest BCUT2D eigenvalue weighted by molar-refractivity contribution is -0.153. The summed E-state index contributed by atoms with van der Waals surface area (Å²) in [5.41, 5.74) is 6.50. The van der Waals surface area contributed by atoms with Gasteiger partial charge in [-0.1, -0.05) is 54.0 Å². The molecule has 0 saturated carbocycles. The number of ether oxygens (including phenoxy) is 3. The number of hydrogen-bond donors (Lipinski definition) is 2. The molecule has 0 aliphatic heterocycles. The highest BCUT2D eigenvalue weighted by atomic mass is 16.6. The normalized spacial score (nSPS) is 16.0. The average molecular weight is 522 g/mol. The van der Waals surface area contributed by atoms with Gasteiger partial charge in [-0.15, -0.1) is 0 Å². The van der Waals surface area contributed by atoms with Crippen molar-refractivity contribution in [3.05, 3.63) is 23.8 Å². The van der Waals surface area contributed by atoms with Crippen LogP contribution in [0.2, 0.25) is 0 Å². The van der Waals surface area contributed by atoms with Crippen molar-refractivity contribution in [1.29, 1.82) is 0 Å². The van der Waals surface area contributed by atoms with E-state index in [1.54, 1.807) is 33.8 Å². The SMILES string of the molecule is CCCC(C)C(=O)OC(C)CC(c1ccc(OC(=O)C(C)CC)c(OC(=O)C(C)CC)c1)[C@H](N)C(=O)O. The van der Waals surface area contributed by atoms with E-state index in [0.717, 1.165) is 6.42 Å². The lowest BCUT2D eigenvalue weighted by atomic mass is 9.87. The highest BCUT2D eigenvalue weighted by Crippen LogP contribution is 2.35. The highest BCUT2D eigenvalue weighted by Gasteiger charge is 2.31. The number of carbonyl (C=O) groups excluding carboxylic acids is 3. The van der Waals surface area contributed by atoms with Gasteiger partial charge in [0.1, 0.15) is 6.04 Å². The van der Waals surface area contributed by atoms with E-state index in [9.17, 15) is 24.3 Å². The van der Waals surface area contributed by atoms with E-state index in [-0.39, 0.29) is 35.7 Å². The number of benzene rings is 1. The maximum Gasteiger partial charge on any atom is 0.321 e. The number of carboxylic acids is 1. The second-order valence-corrected chi connectivity index (χ2v) is 9.81. The fourth-order valence-corrected chi connectivity index (χ4v) is 3.60. The van der Waals surface area contributed by atoms with E-state index >= 15 is 0 Å². The number of hydrogen-bond acceptors (Lipinski definition) is 8. The summed E-state index contributed by atoms with van der Waals surface area (Å²) in [5, 5.41) is 9.66. The summed E-state index contributed by atoms with van der Waals surface area (Å²) >= 11 is 0. The van der Waals surface area contributed by atoms with Crippen molar-refractivity contribution in [1.82, 2.24) is 0 Å². The van der Waals surface area contributed by atoms with Gasteiger partial charge in [-0.25, -0.2) is 0 Å². The van der Waals surface area contributed by atoms with Crippen molar-refractivity contribution in [2.24, 2.45) is 23.5 Å². The number of carbonyl (C=O) groups is 4. The number of carboxylic acid groups (broad SMARTS) is 1. The zero-order valence-electron chi connectivity index (χ0n) is 23.1. The van der Waals surface area contributed by atoms with Gasteiger partial charge < -0.3 is 25.1 Å². The van der Waals surface area contributed by atoms with Gasteiger partial charge in [-0.05, 0) is 50.3 Å². The van der Waals surface area contributed by atoms with Gasteiger partial charge in [-0.2, -0.15) is 0 Å². The van der Waals surface area contributed by atoms with E-state index < -0.39 is 41.9 Å². The van der Waals surface area contributed by atoms with Crippen molar-refractivity contribution in [2.75, 3.05) is 0 Å². The van der Waals surface area contributed by atoms with Crippen LogP contribution in [0.25, 0.3) is 0 Å². The highest BCUT2D eigenvalue weighted by molar-refractivity contribution is 5.79. The van der Waals surface area contributed by atoms with E-state index in [0.29, 0.717) is 24.8 Å². The third-order valence-electron chi connectivity index (χ3n) is 6.59. The van der Waals surface area contributed by atoms with Crippen LogP contribution in [0.5, 0.6) is 11.5 Å². The molecule has 1 aromatic carbocycles. The second-order valence-electron chi connectivity index (χ2n) is 9.81. The van der Waals surface area contributed by atoms with Crippen molar-refractivity contribution in [3.8, 4) is 11.5 Å². The van der Waals surface area contributed by atoms with Crippen molar-refractivity contribution < 1.29 is 38.5 Å². The van der Waals surface area contributed by atoms with Gasteiger partial charge >= 0.3 is 23.9 Å². The maximum atomic E-state index is 12.6. The first-order valence-corrected chi connectivity index (χ1v) is 13.1. The van der Waals surface area contributed by atoms with E-state index in [4.69, 9.17) is 19.9 Å². The molecule has 0 radical (unpaired) electrons. The number of nitrogens with two attached hydrogens (primary N) is 1. The van der Waals surface area contributed by atoms with Crippen LogP contribution in [-0.2, 0) is 23.9 Å². The lowest BCUT2D eigenvalue weighted by Crippen LogP contribution is -2.38. The predicted octanol–water partition coefficient (Wildman–Crippen LogP) is 4.84. The van der Waals surface area contributed by atoms with Gasteiger partial charge in [0.15, 0.2) is 11.5 Å². The van der Waals surface area contributed by atoms with Crippen LogP contribution in [-0.4, -0.2) is 41.1 Å². The van der Waals surface area contributed by atoms with Crippen molar-refractivity contribution in [2.45, 2.75) is 98.6 Å². The summed E-state index contributed by atoms with van der Waals surface area (Å²) in [4.78, 5) is 49.2. The van der Waals surface area contributed by atoms with E-state index in [1.165, 1.54) is 12.1 Å². The number of esters is 3. The summed E-state index contributed by atoms with van der Waals surface area (Å²) in [6.07, 6.45) is 2.15. The van der Waals surface area contributed by atoms with Gasteiger partial charge in [-0.3, -0.25) is 19.2 Å². The summed E-state index contributed by atoms with van der Waals surface area (Å²) in [7, 11) is 0. The average Bonchev–Trinajstić information content (AvgIpc) is 2.86. The minimum Gasteiger partial charge on any atom is -0.480 e. The molecule has 0 aliphatic carbocycles. The molecule has 1 rings (SSSR count). The van der Waals surface area contributed by atoms with E-state index in [2.05, 4.69) is 0 Å². The smallest absolute Gasteiger partial charge is 0.321 e. The first-order valence-electron chi connectivity index (χ1n) is 13.1. The molecule has 0 bridgehead atoms. The minimum atomic E-state index is -1.32. The summed E-state index contributed by atoms with van der Waals surface area (Å²) < 4.78 is 16.6. The Morgan fingerprint density at radius 2 is 1.38 bits per heavy atom. The molecular formula is C28H43NO8. The third-order valence-corrected chi connectivity index (χ3v) is 6.59. The first kappa shape index (κ1) is 32.1. The standard InChI is InChI=1S/C28H43NO8/c1-8-11-18(6)28(34)35-19(7)14-21(24(29)25(30)31)20-12-13-22(36-26(32)16(4)9-2)23(15-20)37-27(33)17(5)10-3/h12-13,15-19,21,24H,8-11,14,29H2,1-7H3,(H,30,31)/t16?,17?,18?,19?,21?,24-/m0/s1. The molecule has 0 aromatic heterocycles. The molecule has 37 heavy (non-hydrogen) atoms. The van der Waals surface area contributed by atoms with Crippen molar-refractivity contribution >= 4 is 23.9 Å². The Kier molecular flexibility index (Phi) is 13.3. The largest absolute Gasteiger partial charge is 0.480 e. The quantitative estimate of drug-likeness (QED) is 0.245. The molecule has 1 aromatic rings. The van der Waals surface area contributed by atoms with Crippen LogP contribution < -0.4 is 15.2 Å². The Morgan fingerprint density at radius 3 is 1.86 bits per heavy atom. The molecule has 6 atom stereocenters. The van der Waals surface area contributed by atoms with Crippen LogP contribution in [0.4, 0.5) is 0 Å². The van der Waals surface area contributed by atoms with Crippen molar-refractivity contribution in [3.63, 3.8) is 0 Å². The molecule has 9 heteroatoms. The molecule has 3 N–H and O–H groups in total. The van der Waals surface area contributed by atoms with Gasteiger partial charge in [0, 0.05) is 5.92 Å². The molecule has 0 fully saturated rings. The van der Waals surface area contributed by atoms with Crippen LogP contribution in [0.3, 0.4) is 0 Å². The van der Waals surface area contributed by atoms with Crippen LogP contribution in [0, 0.1) is 17.8 Å². The van der Waals surface area contributed by atoms with Gasteiger partial charge in [0.25, 0.3) is 0 Å². The Bertz CT molecular complexity index is 931. The zero-order chi connectivity index (χ0) is 28.3. The Balaban J connectivity index is 3.37. The van der Waals surface area contributed by atoms with E-state index in [1.807, 2.05) is 20.8 Å². The second kappa shape index (κ2) is 15.3. The predicted molar refractivity (Wildman–Crippen MR) is 139 cm³/mol. The molecule has 9 nitrogen and oxygen atoms in total. The fourth-order valence-electron chi connectivity index (χ4n) is 3.60. The summed E-state index contributed by atoms with van der Waals surface area (Å²) in [6.45, 7) is 12.6. The number of rotatable bonds is 15. The monoisotopic (exact) mass is 521 g/mol. The third kappa shape index (κ3) is 9.80. The Morgan fingerprint density at radius 1 is 0.838 bits per heavy atom. The molecule has 0 amide bonds. The molecule has 5 unspecified atom stereocenters. The summed E-state index contributed by atoms with van der Waals surface area (Å²) in [5.74, 6) is -4.32. The van der Waals surface area contributed by atoms with Crippen LogP contribution >= 0.6 is 0 Å².